The first kappa shape index (κ1) is 12.2. The van der Waals surface area contributed by atoms with Crippen molar-refractivity contribution in [3.05, 3.63) is 11.6 Å². The van der Waals surface area contributed by atoms with Gasteiger partial charge in [-0.3, -0.25) is 0 Å². The predicted octanol–water partition coefficient (Wildman–Crippen LogP) is 5.20. The minimum Gasteiger partial charge on any atom is -0.0850 e. The van der Waals surface area contributed by atoms with Gasteiger partial charge in [-0.05, 0) is 55.3 Å². The average molecular weight is 220 g/mol. The molecule has 0 nitrogen and oxygen atoms in total. The van der Waals surface area contributed by atoms with Gasteiger partial charge >= 0.3 is 0 Å². The van der Waals surface area contributed by atoms with Crippen LogP contribution in [0.2, 0.25) is 0 Å². The van der Waals surface area contributed by atoms with Crippen molar-refractivity contribution < 1.29 is 0 Å². The maximum Gasteiger partial charge on any atom is -0.00854 e. The van der Waals surface area contributed by atoms with E-state index in [2.05, 4.69) is 40.7 Å². The Morgan fingerprint density at radius 2 is 2.00 bits per heavy atom. The highest BCUT2D eigenvalue weighted by molar-refractivity contribution is 5.20. The number of hydrogen-bond donors (Lipinski definition) is 0. The maximum absolute atomic E-state index is 2.55. The Morgan fingerprint density at radius 3 is 2.62 bits per heavy atom. The van der Waals surface area contributed by atoms with Crippen LogP contribution in [-0.2, 0) is 0 Å². The van der Waals surface area contributed by atoms with Crippen molar-refractivity contribution in [3.8, 4) is 0 Å². The lowest BCUT2D eigenvalue weighted by atomic mass is 9.47. The van der Waals surface area contributed by atoms with E-state index in [-0.39, 0.29) is 0 Å². The van der Waals surface area contributed by atoms with Crippen molar-refractivity contribution in [1.29, 1.82) is 0 Å². The highest BCUT2D eigenvalue weighted by atomic mass is 14.6. The molecule has 0 aliphatic heterocycles. The molecule has 0 saturated heterocycles. The fraction of sp³-hybridized carbons (Fsp3) is 0.875. The third-order valence-corrected chi connectivity index (χ3v) is 6.36. The molecule has 0 N–H and O–H groups in total. The molecule has 0 aromatic rings. The average Bonchev–Trinajstić information content (AvgIpc) is 2.27. The highest BCUT2D eigenvalue weighted by Crippen LogP contribution is 2.61. The molecule has 2 unspecified atom stereocenters. The molecule has 92 valence electrons. The van der Waals surface area contributed by atoms with Crippen LogP contribution in [0.5, 0.6) is 0 Å². The van der Waals surface area contributed by atoms with Gasteiger partial charge in [-0.25, -0.2) is 0 Å². The molecular formula is C16H28. The summed E-state index contributed by atoms with van der Waals surface area (Å²) >= 11 is 0. The maximum atomic E-state index is 2.55. The molecule has 0 heterocycles. The Kier molecular flexibility index (Phi) is 2.97. The van der Waals surface area contributed by atoms with Crippen molar-refractivity contribution in [1.82, 2.24) is 0 Å². The quantitative estimate of drug-likeness (QED) is 0.533. The Bertz CT molecular complexity index is 301. The number of rotatable bonds is 1. The van der Waals surface area contributed by atoms with Crippen molar-refractivity contribution in [2.75, 3.05) is 0 Å². The van der Waals surface area contributed by atoms with E-state index < -0.39 is 0 Å². The molecule has 0 aromatic carbocycles. The largest absolute Gasteiger partial charge is 0.0850 e. The van der Waals surface area contributed by atoms with Gasteiger partial charge in [0.15, 0.2) is 0 Å². The molecule has 2 aliphatic rings. The Hall–Kier alpha value is -0.260. The lowest BCUT2D eigenvalue weighted by molar-refractivity contribution is -0.0437. The minimum atomic E-state index is 0.509. The smallest absolute Gasteiger partial charge is 0.00854 e. The summed E-state index contributed by atoms with van der Waals surface area (Å²) in [5.74, 6) is 1.82. The molecule has 0 spiro atoms. The molecular weight excluding hydrogens is 192 g/mol. The van der Waals surface area contributed by atoms with Crippen LogP contribution in [0, 0.1) is 22.7 Å². The molecule has 1 saturated carbocycles. The molecule has 0 heteroatoms. The second kappa shape index (κ2) is 3.89. The lowest BCUT2D eigenvalue weighted by Crippen LogP contribution is -2.49. The van der Waals surface area contributed by atoms with Crippen LogP contribution < -0.4 is 0 Å². The zero-order valence-corrected chi connectivity index (χ0v) is 11.8. The molecule has 0 amide bonds. The summed E-state index contributed by atoms with van der Waals surface area (Å²) in [5, 5.41) is 0. The van der Waals surface area contributed by atoms with Gasteiger partial charge in [-0.1, -0.05) is 45.8 Å². The van der Waals surface area contributed by atoms with Crippen LogP contribution in [0.4, 0.5) is 0 Å². The summed E-state index contributed by atoms with van der Waals surface area (Å²) in [7, 11) is 0. The summed E-state index contributed by atoms with van der Waals surface area (Å²) in [4.78, 5) is 0. The van der Waals surface area contributed by atoms with Crippen molar-refractivity contribution in [2.24, 2.45) is 22.7 Å². The zero-order chi connectivity index (χ0) is 12.0. The van der Waals surface area contributed by atoms with Gasteiger partial charge < -0.3 is 0 Å². The zero-order valence-electron chi connectivity index (χ0n) is 11.8. The van der Waals surface area contributed by atoms with E-state index in [0.29, 0.717) is 10.8 Å². The van der Waals surface area contributed by atoms with Crippen LogP contribution in [0.3, 0.4) is 0 Å². The van der Waals surface area contributed by atoms with Crippen molar-refractivity contribution in [3.63, 3.8) is 0 Å². The Labute approximate surface area is 102 Å². The highest BCUT2D eigenvalue weighted by Gasteiger charge is 2.52. The van der Waals surface area contributed by atoms with Gasteiger partial charge in [-0.2, -0.15) is 0 Å². The summed E-state index contributed by atoms with van der Waals surface area (Å²) in [5.41, 5.74) is 2.76. The van der Waals surface area contributed by atoms with E-state index in [1.807, 2.05) is 0 Å². The molecule has 0 radical (unpaired) electrons. The van der Waals surface area contributed by atoms with E-state index in [4.69, 9.17) is 0 Å². The van der Waals surface area contributed by atoms with E-state index in [9.17, 15) is 0 Å². The van der Waals surface area contributed by atoms with E-state index >= 15 is 0 Å². The molecule has 0 aromatic heterocycles. The van der Waals surface area contributed by atoms with Gasteiger partial charge in [0.05, 0.1) is 0 Å². The lowest BCUT2D eigenvalue weighted by Gasteiger charge is -2.57. The minimum absolute atomic E-state index is 0.509. The number of fused-ring (bicyclic) bond motifs is 1. The van der Waals surface area contributed by atoms with Gasteiger partial charge in [0.1, 0.15) is 0 Å². The van der Waals surface area contributed by atoms with Crippen molar-refractivity contribution >= 4 is 0 Å². The summed E-state index contributed by atoms with van der Waals surface area (Å²) in [6.07, 6.45) is 9.42. The molecule has 2 rings (SSSR count). The summed E-state index contributed by atoms with van der Waals surface area (Å²) in [6.45, 7) is 12.3. The Balaban J connectivity index is 2.40. The summed E-state index contributed by atoms with van der Waals surface area (Å²) < 4.78 is 0. The van der Waals surface area contributed by atoms with E-state index in [1.165, 1.54) is 32.1 Å². The number of hydrogen-bond acceptors (Lipinski definition) is 0. The predicted molar refractivity (Wildman–Crippen MR) is 71.4 cm³/mol. The van der Waals surface area contributed by atoms with Gasteiger partial charge in [0.2, 0.25) is 0 Å². The van der Waals surface area contributed by atoms with Gasteiger partial charge in [0.25, 0.3) is 0 Å². The molecule has 0 bridgehead atoms. The first-order chi connectivity index (χ1) is 7.45. The standard InChI is InChI=1S/C16H28/c1-6-15(4)13(3)10-11-16(5)12(2)8-7-9-14(15)16/h8,13-14H,6-7,9-11H2,1-5H3/t13-,14-,15?,16?/m1/s1. The molecule has 1 fully saturated rings. The fourth-order valence-corrected chi connectivity index (χ4v) is 4.51. The van der Waals surface area contributed by atoms with Crippen LogP contribution in [0.15, 0.2) is 11.6 Å². The van der Waals surface area contributed by atoms with E-state index in [0.717, 1.165) is 11.8 Å². The van der Waals surface area contributed by atoms with Gasteiger partial charge in [0, 0.05) is 0 Å². The van der Waals surface area contributed by atoms with E-state index in [1.54, 1.807) is 5.57 Å². The topological polar surface area (TPSA) is 0 Å². The van der Waals surface area contributed by atoms with Crippen LogP contribution >= 0.6 is 0 Å². The molecule has 4 atom stereocenters. The SMILES string of the molecule is CCC1(C)[C@H](C)CCC2(C)C(C)=CCC[C@@H]21. The second-order valence-electron chi connectivity index (χ2n) is 6.73. The third-order valence-electron chi connectivity index (χ3n) is 6.36. The van der Waals surface area contributed by atoms with Gasteiger partial charge in [-0.15, -0.1) is 0 Å². The normalized spacial score (nSPS) is 48.4. The monoisotopic (exact) mass is 220 g/mol. The Morgan fingerprint density at radius 1 is 1.31 bits per heavy atom. The fourth-order valence-electron chi connectivity index (χ4n) is 4.51. The molecule has 16 heavy (non-hydrogen) atoms. The third kappa shape index (κ3) is 1.49. The molecule has 2 aliphatic carbocycles. The van der Waals surface area contributed by atoms with Crippen LogP contribution in [-0.4, -0.2) is 0 Å². The second-order valence-corrected chi connectivity index (χ2v) is 6.73. The van der Waals surface area contributed by atoms with Crippen LogP contribution in [0.25, 0.3) is 0 Å². The first-order valence-corrected chi connectivity index (χ1v) is 7.12. The summed E-state index contributed by atoms with van der Waals surface area (Å²) in [6, 6.07) is 0. The van der Waals surface area contributed by atoms with Crippen molar-refractivity contribution in [2.45, 2.75) is 66.7 Å². The first-order valence-electron chi connectivity index (χ1n) is 7.12. The number of allylic oxidation sites excluding steroid dienone is 2. The van der Waals surface area contributed by atoms with Crippen LogP contribution in [0.1, 0.15) is 66.7 Å².